The first kappa shape index (κ1) is 18.0. The molecule has 3 aromatic rings. The number of nitrogens with one attached hydrogen (secondary N) is 1. The molecular formula is C19H20N4O2S. The predicted octanol–water partition coefficient (Wildman–Crippen LogP) is 3.54. The van der Waals surface area contributed by atoms with E-state index in [0.717, 1.165) is 22.4 Å². The highest BCUT2D eigenvalue weighted by Gasteiger charge is 2.13. The zero-order valence-electron chi connectivity index (χ0n) is 14.9. The third-order valence-corrected chi connectivity index (χ3v) is 4.97. The van der Waals surface area contributed by atoms with Crippen molar-refractivity contribution in [3.05, 3.63) is 53.6 Å². The molecule has 3 rings (SSSR count). The average Bonchev–Trinajstić information content (AvgIpc) is 2.97. The van der Waals surface area contributed by atoms with E-state index in [1.165, 1.54) is 11.8 Å². The van der Waals surface area contributed by atoms with Crippen molar-refractivity contribution in [1.29, 1.82) is 0 Å². The maximum atomic E-state index is 12.2. The quantitative estimate of drug-likeness (QED) is 0.674. The van der Waals surface area contributed by atoms with Gasteiger partial charge in [-0.25, -0.2) is 0 Å². The van der Waals surface area contributed by atoms with Crippen molar-refractivity contribution < 1.29 is 9.90 Å². The summed E-state index contributed by atoms with van der Waals surface area (Å²) in [6.07, 6.45) is 0. The van der Waals surface area contributed by atoms with Gasteiger partial charge in [0.2, 0.25) is 5.91 Å². The molecule has 7 heteroatoms. The summed E-state index contributed by atoms with van der Waals surface area (Å²) in [5.41, 5.74) is 3.88. The van der Waals surface area contributed by atoms with Crippen molar-refractivity contribution in [2.45, 2.75) is 19.0 Å². The van der Waals surface area contributed by atoms with E-state index in [2.05, 4.69) is 15.5 Å². The number of rotatable bonds is 5. The van der Waals surface area contributed by atoms with Crippen LogP contribution in [0.5, 0.6) is 5.75 Å². The number of phenols is 1. The van der Waals surface area contributed by atoms with Crippen LogP contribution in [-0.2, 0) is 11.8 Å². The second-order valence-corrected chi connectivity index (χ2v) is 7.01. The standard InChI is InChI=1S/C19H20N4O2S/c1-12-4-9-16(13(2)10-12)20-17(25)11-26-19-22-21-18(23(19)3)14-5-7-15(24)8-6-14/h4-10,24H,11H2,1-3H3,(H,20,25). The van der Waals surface area contributed by atoms with E-state index in [1.54, 1.807) is 24.3 Å². The number of aryl methyl sites for hydroxylation is 2. The molecule has 0 aliphatic heterocycles. The van der Waals surface area contributed by atoms with Crippen LogP contribution in [0.25, 0.3) is 11.4 Å². The molecule has 0 aliphatic rings. The average molecular weight is 368 g/mol. The molecule has 0 spiro atoms. The number of nitrogens with zero attached hydrogens (tertiary/aromatic N) is 3. The zero-order chi connectivity index (χ0) is 18.7. The minimum Gasteiger partial charge on any atom is -0.508 e. The van der Waals surface area contributed by atoms with Gasteiger partial charge in [0.05, 0.1) is 5.75 Å². The SMILES string of the molecule is Cc1ccc(NC(=O)CSc2nnc(-c3ccc(O)cc3)n2C)c(C)c1. The highest BCUT2D eigenvalue weighted by Crippen LogP contribution is 2.24. The predicted molar refractivity (Wildman–Crippen MR) is 103 cm³/mol. The summed E-state index contributed by atoms with van der Waals surface area (Å²) >= 11 is 1.33. The normalized spacial score (nSPS) is 10.7. The van der Waals surface area contributed by atoms with Crippen molar-refractivity contribution in [2.75, 3.05) is 11.1 Å². The monoisotopic (exact) mass is 368 g/mol. The van der Waals surface area contributed by atoms with Crippen LogP contribution in [0.4, 0.5) is 5.69 Å². The molecule has 0 fully saturated rings. The van der Waals surface area contributed by atoms with Crippen LogP contribution < -0.4 is 5.32 Å². The molecule has 1 heterocycles. The fraction of sp³-hybridized carbons (Fsp3) is 0.211. The van der Waals surface area contributed by atoms with Crippen LogP contribution in [0.15, 0.2) is 47.6 Å². The Kier molecular flexibility index (Phi) is 5.27. The van der Waals surface area contributed by atoms with Gasteiger partial charge in [-0.05, 0) is 49.7 Å². The van der Waals surface area contributed by atoms with Gasteiger partial charge in [-0.2, -0.15) is 0 Å². The number of hydrogen-bond acceptors (Lipinski definition) is 5. The number of hydrogen-bond donors (Lipinski definition) is 2. The highest BCUT2D eigenvalue weighted by atomic mass is 32.2. The van der Waals surface area contributed by atoms with Crippen molar-refractivity contribution >= 4 is 23.4 Å². The van der Waals surface area contributed by atoms with E-state index in [4.69, 9.17) is 0 Å². The van der Waals surface area contributed by atoms with Gasteiger partial charge in [0.25, 0.3) is 0 Å². The molecule has 26 heavy (non-hydrogen) atoms. The first-order valence-electron chi connectivity index (χ1n) is 8.13. The summed E-state index contributed by atoms with van der Waals surface area (Å²) in [5, 5.41) is 21.3. The molecule has 0 saturated carbocycles. The molecule has 2 aromatic carbocycles. The Morgan fingerprint density at radius 2 is 1.88 bits per heavy atom. The van der Waals surface area contributed by atoms with Gasteiger partial charge in [0.15, 0.2) is 11.0 Å². The summed E-state index contributed by atoms with van der Waals surface area (Å²) < 4.78 is 1.83. The number of amides is 1. The number of aromatic nitrogens is 3. The maximum Gasteiger partial charge on any atom is 0.234 e. The van der Waals surface area contributed by atoms with Crippen molar-refractivity contribution in [1.82, 2.24) is 14.8 Å². The zero-order valence-corrected chi connectivity index (χ0v) is 15.7. The third-order valence-electron chi connectivity index (χ3n) is 3.95. The molecule has 134 valence electrons. The van der Waals surface area contributed by atoms with Gasteiger partial charge in [-0.3, -0.25) is 4.79 Å². The second kappa shape index (κ2) is 7.61. The number of anilines is 1. The number of phenolic OH excluding ortho intramolecular Hbond substituents is 1. The molecule has 1 amide bonds. The summed E-state index contributed by atoms with van der Waals surface area (Å²) in [6.45, 7) is 4.00. The van der Waals surface area contributed by atoms with E-state index < -0.39 is 0 Å². The number of aromatic hydroxyl groups is 1. The Morgan fingerprint density at radius 3 is 2.58 bits per heavy atom. The van der Waals surface area contributed by atoms with Crippen LogP contribution in [0.1, 0.15) is 11.1 Å². The van der Waals surface area contributed by atoms with Gasteiger partial charge in [-0.1, -0.05) is 29.5 Å². The fourth-order valence-corrected chi connectivity index (χ4v) is 3.28. The van der Waals surface area contributed by atoms with E-state index in [9.17, 15) is 9.90 Å². The lowest BCUT2D eigenvalue weighted by Crippen LogP contribution is -2.15. The van der Waals surface area contributed by atoms with Crippen LogP contribution in [-0.4, -0.2) is 31.5 Å². The third kappa shape index (κ3) is 4.05. The van der Waals surface area contributed by atoms with Crippen LogP contribution in [0.2, 0.25) is 0 Å². The molecule has 0 radical (unpaired) electrons. The van der Waals surface area contributed by atoms with E-state index >= 15 is 0 Å². The summed E-state index contributed by atoms with van der Waals surface area (Å²) in [5.74, 6) is 1.04. The molecule has 6 nitrogen and oxygen atoms in total. The Bertz CT molecular complexity index is 935. The number of carbonyl (C=O) groups excluding carboxylic acids is 1. The maximum absolute atomic E-state index is 12.2. The smallest absolute Gasteiger partial charge is 0.234 e. The minimum atomic E-state index is -0.0869. The lowest BCUT2D eigenvalue weighted by molar-refractivity contribution is -0.113. The molecule has 0 aliphatic carbocycles. The molecule has 1 aromatic heterocycles. The second-order valence-electron chi connectivity index (χ2n) is 6.07. The topological polar surface area (TPSA) is 80.0 Å². The van der Waals surface area contributed by atoms with Gasteiger partial charge < -0.3 is 15.0 Å². The molecule has 0 bridgehead atoms. The van der Waals surface area contributed by atoms with E-state index in [1.807, 2.05) is 43.7 Å². The lowest BCUT2D eigenvalue weighted by Gasteiger charge is -2.09. The van der Waals surface area contributed by atoms with Crippen LogP contribution in [0.3, 0.4) is 0 Å². The van der Waals surface area contributed by atoms with Gasteiger partial charge in [0, 0.05) is 18.3 Å². The summed E-state index contributed by atoms with van der Waals surface area (Å²) in [4.78, 5) is 12.2. The van der Waals surface area contributed by atoms with Gasteiger partial charge in [0.1, 0.15) is 5.75 Å². The Hall–Kier alpha value is -2.80. The fourth-order valence-electron chi connectivity index (χ4n) is 2.57. The molecule has 0 saturated heterocycles. The van der Waals surface area contributed by atoms with Crippen LogP contribution >= 0.6 is 11.8 Å². The number of benzene rings is 2. The molecule has 0 atom stereocenters. The Morgan fingerprint density at radius 1 is 1.15 bits per heavy atom. The minimum absolute atomic E-state index is 0.0869. The molecular weight excluding hydrogens is 348 g/mol. The number of thioether (sulfide) groups is 1. The van der Waals surface area contributed by atoms with E-state index in [-0.39, 0.29) is 17.4 Å². The van der Waals surface area contributed by atoms with Gasteiger partial charge in [-0.15, -0.1) is 10.2 Å². The Balaban J connectivity index is 1.64. The van der Waals surface area contributed by atoms with E-state index in [0.29, 0.717) is 11.0 Å². The first-order valence-corrected chi connectivity index (χ1v) is 9.11. The van der Waals surface area contributed by atoms with Gasteiger partial charge >= 0.3 is 0 Å². The molecule has 2 N–H and O–H groups in total. The molecule has 0 unspecified atom stereocenters. The highest BCUT2D eigenvalue weighted by molar-refractivity contribution is 7.99. The van der Waals surface area contributed by atoms with Crippen molar-refractivity contribution in [3.63, 3.8) is 0 Å². The summed E-state index contributed by atoms with van der Waals surface area (Å²) in [6, 6.07) is 12.7. The van der Waals surface area contributed by atoms with Crippen molar-refractivity contribution in [3.8, 4) is 17.1 Å². The lowest BCUT2D eigenvalue weighted by atomic mass is 10.1. The van der Waals surface area contributed by atoms with Crippen molar-refractivity contribution in [2.24, 2.45) is 7.05 Å². The number of carbonyl (C=O) groups is 1. The Labute approximate surface area is 156 Å². The first-order chi connectivity index (χ1) is 12.4. The largest absolute Gasteiger partial charge is 0.508 e. The summed E-state index contributed by atoms with van der Waals surface area (Å²) in [7, 11) is 1.85. The van der Waals surface area contributed by atoms with Crippen LogP contribution in [0, 0.1) is 13.8 Å².